The molecule has 0 fully saturated rings. The molecule has 0 bridgehead atoms. The molecule has 0 atom stereocenters. The molecule has 0 spiro atoms. The zero-order chi connectivity index (χ0) is 16.4. The van der Waals surface area contributed by atoms with E-state index in [1.54, 1.807) is 14.2 Å². The van der Waals surface area contributed by atoms with Gasteiger partial charge < -0.3 is 14.8 Å². The van der Waals surface area contributed by atoms with Gasteiger partial charge >= 0.3 is 0 Å². The first kappa shape index (κ1) is 15.2. The van der Waals surface area contributed by atoms with Crippen LogP contribution in [0.2, 0.25) is 0 Å². The zero-order valence-corrected chi connectivity index (χ0v) is 13.5. The van der Waals surface area contributed by atoms with Crippen molar-refractivity contribution in [2.75, 3.05) is 20.8 Å². The molecule has 0 aromatic heterocycles. The lowest BCUT2D eigenvalue weighted by molar-refractivity contribution is 0.0957. The van der Waals surface area contributed by atoms with Gasteiger partial charge in [0.25, 0.3) is 5.91 Å². The van der Waals surface area contributed by atoms with Crippen LogP contribution in [0.25, 0.3) is 21.5 Å². The monoisotopic (exact) mass is 309 g/mol. The number of nitrogens with one attached hydrogen (secondary N) is 1. The lowest BCUT2D eigenvalue weighted by Gasteiger charge is -2.13. The van der Waals surface area contributed by atoms with Gasteiger partial charge in [0.05, 0.1) is 14.2 Å². The summed E-state index contributed by atoms with van der Waals surface area (Å²) < 4.78 is 10.8. The number of fused-ring (bicyclic) bond motifs is 3. The largest absolute Gasteiger partial charge is 0.493 e. The highest BCUT2D eigenvalue weighted by atomic mass is 16.5. The normalized spacial score (nSPS) is 10.7. The molecule has 4 heteroatoms. The van der Waals surface area contributed by atoms with Crippen molar-refractivity contribution in [3.05, 3.63) is 48.0 Å². The Morgan fingerprint density at radius 1 is 0.957 bits per heavy atom. The Balaban J connectivity index is 2.38. The van der Waals surface area contributed by atoms with Gasteiger partial charge in [-0.25, -0.2) is 0 Å². The number of amides is 1. The van der Waals surface area contributed by atoms with Gasteiger partial charge in [0.15, 0.2) is 11.5 Å². The average Bonchev–Trinajstić information content (AvgIpc) is 2.59. The van der Waals surface area contributed by atoms with E-state index in [1.165, 1.54) is 0 Å². The molecule has 3 aromatic carbocycles. The predicted molar refractivity (Wildman–Crippen MR) is 92.6 cm³/mol. The van der Waals surface area contributed by atoms with E-state index in [1.807, 2.05) is 49.4 Å². The van der Waals surface area contributed by atoms with Crippen LogP contribution in [0.3, 0.4) is 0 Å². The van der Waals surface area contributed by atoms with Crippen LogP contribution in [0.1, 0.15) is 17.3 Å². The molecule has 0 saturated heterocycles. The fraction of sp³-hybridized carbons (Fsp3) is 0.211. The number of methoxy groups -OCH3 is 2. The molecule has 0 saturated carbocycles. The Morgan fingerprint density at radius 3 is 2.26 bits per heavy atom. The number of benzene rings is 3. The van der Waals surface area contributed by atoms with E-state index in [0.717, 1.165) is 21.5 Å². The third-order valence-corrected chi connectivity index (χ3v) is 3.94. The lowest BCUT2D eigenvalue weighted by Crippen LogP contribution is -2.22. The SMILES string of the molecule is CCNC(=O)c1cc2cc(OC)c(OC)cc2c2ccccc12. The van der Waals surface area contributed by atoms with Crippen molar-refractivity contribution in [2.45, 2.75) is 6.92 Å². The molecule has 0 unspecified atom stereocenters. The maximum absolute atomic E-state index is 12.4. The summed E-state index contributed by atoms with van der Waals surface area (Å²) in [6.45, 7) is 2.51. The standard InChI is InChI=1S/C19H19NO3/c1-4-20-19(21)16-9-12-10-17(22-2)18(23-3)11-15(12)13-7-5-6-8-14(13)16/h5-11H,4H2,1-3H3,(H,20,21). The van der Waals surface area contributed by atoms with Crippen LogP contribution in [0.15, 0.2) is 42.5 Å². The van der Waals surface area contributed by atoms with Crippen molar-refractivity contribution in [3.63, 3.8) is 0 Å². The van der Waals surface area contributed by atoms with Crippen LogP contribution < -0.4 is 14.8 Å². The van der Waals surface area contributed by atoms with Crippen LogP contribution in [0, 0.1) is 0 Å². The second kappa shape index (κ2) is 6.16. The molecule has 4 nitrogen and oxygen atoms in total. The molecular formula is C19H19NO3. The summed E-state index contributed by atoms with van der Waals surface area (Å²) >= 11 is 0. The minimum atomic E-state index is -0.0691. The molecule has 118 valence electrons. The van der Waals surface area contributed by atoms with Gasteiger partial charge in [-0.3, -0.25) is 4.79 Å². The highest BCUT2D eigenvalue weighted by Gasteiger charge is 2.14. The van der Waals surface area contributed by atoms with Crippen molar-refractivity contribution < 1.29 is 14.3 Å². The minimum absolute atomic E-state index is 0.0691. The van der Waals surface area contributed by atoms with E-state index >= 15 is 0 Å². The third-order valence-electron chi connectivity index (χ3n) is 3.94. The molecule has 1 amide bonds. The highest BCUT2D eigenvalue weighted by molar-refractivity contribution is 6.17. The predicted octanol–water partition coefficient (Wildman–Crippen LogP) is 3.76. The molecule has 1 N–H and O–H groups in total. The maximum atomic E-state index is 12.4. The summed E-state index contributed by atoms with van der Waals surface area (Å²) in [5.41, 5.74) is 0.669. The summed E-state index contributed by atoms with van der Waals surface area (Å²) in [4.78, 5) is 12.4. The molecule has 0 radical (unpaired) electrons. The molecule has 3 aromatic rings. The summed E-state index contributed by atoms with van der Waals surface area (Å²) in [6.07, 6.45) is 0. The average molecular weight is 309 g/mol. The molecule has 0 aliphatic carbocycles. The quantitative estimate of drug-likeness (QED) is 0.746. The first-order valence-electron chi connectivity index (χ1n) is 7.55. The smallest absolute Gasteiger partial charge is 0.251 e. The van der Waals surface area contributed by atoms with Crippen LogP contribution >= 0.6 is 0 Å². The van der Waals surface area contributed by atoms with Crippen molar-refractivity contribution in [1.29, 1.82) is 0 Å². The Hall–Kier alpha value is -2.75. The molecule has 0 heterocycles. The first-order chi connectivity index (χ1) is 11.2. The fourth-order valence-corrected chi connectivity index (χ4v) is 2.88. The molecular weight excluding hydrogens is 290 g/mol. The fourth-order valence-electron chi connectivity index (χ4n) is 2.88. The van der Waals surface area contributed by atoms with E-state index in [4.69, 9.17) is 9.47 Å². The van der Waals surface area contributed by atoms with Gasteiger partial charge in [-0.05, 0) is 46.7 Å². The number of carbonyl (C=O) groups is 1. The van der Waals surface area contributed by atoms with E-state index in [0.29, 0.717) is 23.6 Å². The Labute approximate surface area is 135 Å². The van der Waals surface area contributed by atoms with Crippen molar-refractivity contribution in [3.8, 4) is 11.5 Å². The van der Waals surface area contributed by atoms with Gasteiger partial charge in [0.1, 0.15) is 0 Å². The van der Waals surface area contributed by atoms with Crippen LogP contribution in [-0.4, -0.2) is 26.7 Å². The Kier molecular flexibility index (Phi) is 4.06. The van der Waals surface area contributed by atoms with Crippen molar-refractivity contribution in [2.24, 2.45) is 0 Å². The summed E-state index contributed by atoms with van der Waals surface area (Å²) in [5, 5.41) is 6.80. The van der Waals surface area contributed by atoms with Crippen molar-refractivity contribution in [1.82, 2.24) is 5.32 Å². The van der Waals surface area contributed by atoms with Gasteiger partial charge in [-0.15, -0.1) is 0 Å². The van der Waals surface area contributed by atoms with Crippen LogP contribution in [0.4, 0.5) is 0 Å². The first-order valence-corrected chi connectivity index (χ1v) is 7.55. The molecule has 23 heavy (non-hydrogen) atoms. The van der Waals surface area contributed by atoms with Gasteiger partial charge in [-0.1, -0.05) is 24.3 Å². The van der Waals surface area contributed by atoms with Crippen LogP contribution in [0.5, 0.6) is 11.5 Å². The molecule has 0 aliphatic heterocycles. The number of rotatable bonds is 4. The van der Waals surface area contributed by atoms with E-state index in [2.05, 4.69) is 5.32 Å². The molecule has 0 aliphatic rings. The minimum Gasteiger partial charge on any atom is -0.493 e. The zero-order valence-electron chi connectivity index (χ0n) is 13.5. The number of hydrogen-bond donors (Lipinski definition) is 1. The lowest BCUT2D eigenvalue weighted by atomic mass is 9.96. The summed E-state index contributed by atoms with van der Waals surface area (Å²) in [7, 11) is 3.23. The Bertz CT molecular complexity index is 887. The maximum Gasteiger partial charge on any atom is 0.251 e. The number of carbonyl (C=O) groups excluding carboxylic acids is 1. The number of ether oxygens (including phenoxy) is 2. The summed E-state index contributed by atoms with van der Waals surface area (Å²) in [6, 6.07) is 13.7. The molecule has 3 rings (SSSR count). The van der Waals surface area contributed by atoms with E-state index < -0.39 is 0 Å². The second-order valence-electron chi connectivity index (χ2n) is 5.26. The second-order valence-corrected chi connectivity index (χ2v) is 5.26. The summed E-state index contributed by atoms with van der Waals surface area (Å²) in [5.74, 6) is 1.26. The van der Waals surface area contributed by atoms with E-state index in [-0.39, 0.29) is 5.91 Å². The van der Waals surface area contributed by atoms with E-state index in [9.17, 15) is 4.79 Å². The number of hydrogen-bond acceptors (Lipinski definition) is 3. The highest BCUT2D eigenvalue weighted by Crippen LogP contribution is 2.37. The Morgan fingerprint density at radius 2 is 1.61 bits per heavy atom. The van der Waals surface area contributed by atoms with Gasteiger partial charge in [0, 0.05) is 12.1 Å². The van der Waals surface area contributed by atoms with Crippen LogP contribution in [-0.2, 0) is 0 Å². The van der Waals surface area contributed by atoms with Crippen molar-refractivity contribution >= 4 is 27.5 Å². The van der Waals surface area contributed by atoms with Gasteiger partial charge in [-0.2, -0.15) is 0 Å². The topological polar surface area (TPSA) is 47.6 Å². The third kappa shape index (κ3) is 2.57. The van der Waals surface area contributed by atoms with Gasteiger partial charge in [0.2, 0.25) is 0 Å².